The van der Waals surface area contributed by atoms with Gasteiger partial charge in [-0.2, -0.15) is 0 Å². The SMILES string of the molecule is CCCCCCCCCc1cccc(O)c1OP(Oc1c(O)cccc1CCCCCCCCC)Oc1c(O)cccc1CCCCCCCCC. The van der Waals surface area contributed by atoms with Crippen LogP contribution in [0.1, 0.15) is 172 Å². The molecule has 0 aliphatic heterocycles. The lowest BCUT2D eigenvalue weighted by atomic mass is 10.0. The molecule has 0 aliphatic rings. The summed E-state index contributed by atoms with van der Waals surface area (Å²) in [6, 6.07) is 16.3. The van der Waals surface area contributed by atoms with Crippen molar-refractivity contribution in [3.05, 3.63) is 71.3 Å². The topological polar surface area (TPSA) is 88.4 Å². The lowest BCUT2D eigenvalue weighted by Gasteiger charge is -2.23. The lowest BCUT2D eigenvalue weighted by Crippen LogP contribution is -2.07. The lowest BCUT2D eigenvalue weighted by molar-refractivity contribution is 0.346. The Hall–Kier alpha value is -3.11. The van der Waals surface area contributed by atoms with Crippen LogP contribution in [0.15, 0.2) is 54.6 Å². The van der Waals surface area contributed by atoms with Gasteiger partial charge < -0.3 is 28.9 Å². The number of phenolic OH excluding ortho intramolecular Hbond substituents is 3. The van der Waals surface area contributed by atoms with Gasteiger partial charge in [0.15, 0.2) is 34.5 Å². The molecule has 0 bridgehead atoms. The molecule has 0 aliphatic carbocycles. The van der Waals surface area contributed by atoms with Crippen LogP contribution >= 0.6 is 8.60 Å². The molecule has 0 aromatic heterocycles. The molecule has 0 heterocycles. The quantitative estimate of drug-likeness (QED) is 0.0466. The maximum absolute atomic E-state index is 11.1. The molecule has 3 aromatic rings. The summed E-state index contributed by atoms with van der Waals surface area (Å²) in [6.45, 7) is 6.70. The zero-order valence-corrected chi connectivity index (χ0v) is 33.6. The van der Waals surface area contributed by atoms with Gasteiger partial charge in [-0.15, -0.1) is 0 Å². The maximum atomic E-state index is 11.1. The molecule has 0 saturated carbocycles. The van der Waals surface area contributed by atoms with E-state index < -0.39 is 8.60 Å². The van der Waals surface area contributed by atoms with Crippen LogP contribution in [0, 0.1) is 0 Å². The summed E-state index contributed by atoms with van der Waals surface area (Å²) in [4.78, 5) is 0. The van der Waals surface area contributed by atoms with E-state index in [-0.39, 0.29) is 17.2 Å². The fraction of sp³-hybridized carbons (Fsp3) is 0.600. The van der Waals surface area contributed by atoms with Gasteiger partial charge in [0.05, 0.1) is 0 Å². The van der Waals surface area contributed by atoms with Crippen LogP contribution in [0.2, 0.25) is 0 Å². The molecule has 3 N–H and O–H groups in total. The van der Waals surface area contributed by atoms with Gasteiger partial charge in [-0.05, 0) is 73.4 Å². The summed E-state index contributed by atoms with van der Waals surface area (Å²) in [5.41, 5.74) is 2.65. The summed E-state index contributed by atoms with van der Waals surface area (Å²) in [7, 11) is -2.25. The number of hydrogen-bond donors (Lipinski definition) is 3. The molecule has 0 fully saturated rings. The highest BCUT2D eigenvalue weighted by Gasteiger charge is 2.28. The number of rotatable bonds is 30. The summed E-state index contributed by atoms with van der Waals surface area (Å²) in [5.74, 6) is 1.03. The first-order valence-corrected chi connectivity index (χ1v) is 21.8. The van der Waals surface area contributed by atoms with Crippen LogP contribution in [0.4, 0.5) is 0 Å². The van der Waals surface area contributed by atoms with Crippen molar-refractivity contribution in [1.29, 1.82) is 0 Å². The van der Waals surface area contributed by atoms with E-state index in [9.17, 15) is 15.3 Å². The largest absolute Gasteiger partial charge is 0.530 e. The monoisotopic (exact) mass is 736 g/mol. The molecule has 0 unspecified atom stereocenters. The van der Waals surface area contributed by atoms with Crippen molar-refractivity contribution in [2.24, 2.45) is 0 Å². The zero-order valence-electron chi connectivity index (χ0n) is 32.7. The third kappa shape index (κ3) is 16.3. The minimum Gasteiger partial charge on any atom is -0.504 e. The number of unbranched alkanes of at least 4 members (excludes halogenated alkanes) is 18. The van der Waals surface area contributed by atoms with Crippen LogP contribution in [0.5, 0.6) is 34.5 Å². The van der Waals surface area contributed by atoms with Crippen LogP contribution in [0.3, 0.4) is 0 Å². The molecule has 3 aromatic carbocycles. The van der Waals surface area contributed by atoms with Gasteiger partial charge in [-0.1, -0.05) is 173 Å². The molecular weight excluding hydrogens is 667 g/mol. The Morgan fingerprint density at radius 3 is 0.885 bits per heavy atom. The molecule has 6 nitrogen and oxygen atoms in total. The standard InChI is InChI=1S/C45H69O6P/c1-4-7-10-13-16-19-22-28-37-31-25-34-40(46)43(37)49-52(50-44-38(32-26-35-41(44)47)29-23-20-17-14-11-8-5-2)51-45-39(33-27-36-42(45)48)30-24-21-18-15-12-9-6-3/h25-27,31-36,46-48H,4-24,28-30H2,1-3H3. The van der Waals surface area contributed by atoms with Crippen LogP contribution < -0.4 is 13.6 Å². The molecule has 0 saturated heterocycles. The minimum atomic E-state index is -2.25. The highest BCUT2D eigenvalue weighted by molar-refractivity contribution is 7.43. The van der Waals surface area contributed by atoms with E-state index in [2.05, 4.69) is 20.8 Å². The fourth-order valence-electron chi connectivity index (χ4n) is 6.72. The first kappa shape index (κ1) is 43.3. The van der Waals surface area contributed by atoms with Gasteiger partial charge in [0, 0.05) is 0 Å². The van der Waals surface area contributed by atoms with E-state index in [4.69, 9.17) is 13.6 Å². The van der Waals surface area contributed by atoms with Crippen molar-refractivity contribution >= 4 is 8.60 Å². The van der Waals surface area contributed by atoms with Gasteiger partial charge in [0.25, 0.3) is 0 Å². The average Bonchev–Trinajstić information content (AvgIpc) is 3.14. The first-order chi connectivity index (χ1) is 25.5. The van der Waals surface area contributed by atoms with Crippen molar-refractivity contribution in [1.82, 2.24) is 0 Å². The third-order valence-electron chi connectivity index (χ3n) is 9.87. The molecule has 0 spiro atoms. The Balaban J connectivity index is 1.83. The van der Waals surface area contributed by atoms with E-state index in [1.807, 2.05) is 36.4 Å². The highest BCUT2D eigenvalue weighted by Crippen LogP contribution is 2.51. The van der Waals surface area contributed by atoms with Gasteiger partial charge in [-0.3, -0.25) is 0 Å². The number of phenols is 3. The zero-order chi connectivity index (χ0) is 37.2. The predicted octanol–water partition coefficient (Wildman–Crippen LogP) is 14.4. The number of aryl methyl sites for hydroxylation is 3. The van der Waals surface area contributed by atoms with Crippen molar-refractivity contribution in [3.63, 3.8) is 0 Å². The smallest absolute Gasteiger partial charge is 0.504 e. The van der Waals surface area contributed by atoms with E-state index >= 15 is 0 Å². The molecule has 290 valence electrons. The Morgan fingerprint density at radius 2 is 0.615 bits per heavy atom. The molecule has 0 radical (unpaired) electrons. The van der Waals surface area contributed by atoms with Crippen molar-refractivity contribution < 1.29 is 28.9 Å². The van der Waals surface area contributed by atoms with Gasteiger partial charge in [-0.25, -0.2) is 0 Å². The number of benzene rings is 3. The van der Waals surface area contributed by atoms with E-state index in [0.29, 0.717) is 17.2 Å². The van der Waals surface area contributed by atoms with Crippen LogP contribution in [-0.2, 0) is 19.3 Å². The Labute approximate surface area is 317 Å². The molecule has 52 heavy (non-hydrogen) atoms. The highest BCUT2D eigenvalue weighted by atomic mass is 31.2. The average molecular weight is 737 g/mol. The van der Waals surface area contributed by atoms with Crippen LogP contribution in [0.25, 0.3) is 0 Å². The molecular formula is C45H69O6P. The molecule has 0 amide bonds. The van der Waals surface area contributed by atoms with Crippen molar-refractivity contribution in [2.75, 3.05) is 0 Å². The summed E-state index contributed by atoms with van der Waals surface area (Å²) in [6.07, 6.45) is 27.2. The van der Waals surface area contributed by atoms with E-state index in [1.54, 1.807) is 18.2 Å². The number of aromatic hydroxyl groups is 3. The Bertz CT molecular complexity index is 1210. The molecule has 0 atom stereocenters. The molecule has 3 rings (SSSR count). The van der Waals surface area contributed by atoms with E-state index in [1.165, 1.54) is 96.3 Å². The maximum Gasteiger partial charge on any atom is 0.530 e. The Morgan fingerprint density at radius 1 is 0.365 bits per heavy atom. The molecule has 7 heteroatoms. The third-order valence-corrected chi connectivity index (χ3v) is 10.9. The summed E-state index contributed by atoms with van der Waals surface area (Å²) < 4.78 is 19.6. The minimum absolute atomic E-state index is 0.0151. The fourth-order valence-corrected chi connectivity index (χ4v) is 7.91. The number of hydrogen-bond acceptors (Lipinski definition) is 6. The Kier molecular flexibility index (Phi) is 22.2. The van der Waals surface area contributed by atoms with Crippen molar-refractivity contribution in [2.45, 2.75) is 175 Å². The normalized spacial score (nSPS) is 11.3. The van der Waals surface area contributed by atoms with Crippen LogP contribution in [-0.4, -0.2) is 15.3 Å². The second kappa shape index (κ2) is 26.6. The summed E-state index contributed by atoms with van der Waals surface area (Å²) in [5, 5.41) is 33.3. The summed E-state index contributed by atoms with van der Waals surface area (Å²) >= 11 is 0. The van der Waals surface area contributed by atoms with Gasteiger partial charge >= 0.3 is 8.60 Å². The van der Waals surface area contributed by atoms with E-state index in [0.717, 1.165) is 74.5 Å². The second-order valence-corrected chi connectivity index (χ2v) is 15.4. The van der Waals surface area contributed by atoms with Gasteiger partial charge in [0.1, 0.15) is 0 Å². The number of para-hydroxylation sites is 3. The van der Waals surface area contributed by atoms with Gasteiger partial charge in [0.2, 0.25) is 0 Å². The first-order valence-electron chi connectivity index (χ1n) is 20.7. The van der Waals surface area contributed by atoms with Crippen molar-refractivity contribution in [3.8, 4) is 34.5 Å². The second-order valence-electron chi connectivity index (χ2n) is 14.4. The predicted molar refractivity (Wildman–Crippen MR) is 218 cm³/mol.